The predicted octanol–water partition coefficient (Wildman–Crippen LogP) is 4.24. The minimum atomic E-state index is -0.533. The Morgan fingerprint density at radius 3 is 2.79 bits per heavy atom. The van der Waals surface area contributed by atoms with Gasteiger partial charge in [0.1, 0.15) is 17.5 Å². The monoisotopic (exact) mass is 450 g/mol. The fraction of sp³-hybridized carbons (Fsp3) is 0.300. The minimum Gasteiger partial charge on any atom is -0.465 e. The van der Waals surface area contributed by atoms with Gasteiger partial charge < -0.3 is 14.0 Å². The Bertz CT molecular complexity index is 1060. The molecule has 1 atom stereocenters. The van der Waals surface area contributed by atoms with E-state index in [9.17, 15) is 13.6 Å². The first-order valence-corrected chi connectivity index (χ1v) is 9.58. The molecule has 5 nitrogen and oxygen atoms in total. The van der Waals surface area contributed by atoms with E-state index in [2.05, 4.69) is 20.9 Å². The Morgan fingerprint density at radius 2 is 2.11 bits per heavy atom. The van der Waals surface area contributed by atoms with E-state index in [0.717, 1.165) is 18.0 Å². The summed E-state index contributed by atoms with van der Waals surface area (Å²) in [6, 6.07) is 7.34. The summed E-state index contributed by atoms with van der Waals surface area (Å²) in [6.45, 7) is 1.23. The van der Waals surface area contributed by atoms with Gasteiger partial charge in [0, 0.05) is 13.0 Å². The molecule has 1 aliphatic rings. The number of carbonyl (C=O) groups excluding carboxylic acids is 1. The van der Waals surface area contributed by atoms with Crippen LogP contribution in [-0.2, 0) is 22.4 Å². The number of hydrogen-bond donors (Lipinski definition) is 0. The van der Waals surface area contributed by atoms with Gasteiger partial charge in [0.05, 0.1) is 40.8 Å². The fourth-order valence-corrected chi connectivity index (χ4v) is 3.57. The first-order valence-electron chi connectivity index (χ1n) is 8.78. The van der Waals surface area contributed by atoms with E-state index in [-0.39, 0.29) is 22.6 Å². The van der Waals surface area contributed by atoms with Crippen molar-refractivity contribution in [3.63, 3.8) is 0 Å². The second-order valence-corrected chi connectivity index (χ2v) is 7.50. The molecule has 0 radical (unpaired) electrons. The molecule has 0 aliphatic carbocycles. The first-order chi connectivity index (χ1) is 13.5. The van der Waals surface area contributed by atoms with Crippen LogP contribution in [0, 0.1) is 11.6 Å². The number of benzene rings is 2. The number of methoxy groups -OCH3 is 1. The molecule has 2 aromatic carbocycles. The van der Waals surface area contributed by atoms with E-state index in [4.69, 9.17) is 9.47 Å². The second-order valence-electron chi connectivity index (χ2n) is 6.65. The molecule has 0 N–H and O–H groups in total. The molecule has 1 fully saturated rings. The van der Waals surface area contributed by atoms with Crippen LogP contribution in [-0.4, -0.2) is 35.3 Å². The zero-order valence-electron chi connectivity index (χ0n) is 15.0. The summed E-state index contributed by atoms with van der Waals surface area (Å²) < 4.78 is 40.6. The van der Waals surface area contributed by atoms with Crippen LogP contribution in [0.3, 0.4) is 0 Å². The van der Waals surface area contributed by atoms with Gasteiger partial charge in [-0.1, -0.05) is 0 Å². The smallest absolute Gasteiger partial charge is 0.337 e. The van der Waals surface area contributed by atoms with Crippen molar-refractivity contribution in [2.75, 3.05) is 13.7 Å². The van der Waals surface area contributed by atoms with Crippen LogP contribution in [0.4, 0.5) is 8.78 Å². The van der Waals surface area contributed by atoms with Crippen molar-refractivity contribution in [3.05, 3.63) is 63.4 Å². The molecule has 1 aromatic heterocycles. The zero-order chi connectivity index (χ0) is 19.8. The number of imidazole rings is 1. The molecule has 146 valence electrons. The molecule has 0 saturated carbocycles. The maximum Gasteiger partial charge on any atom is 0.337 e. The molecule has 1 saturated heterocycles. The summed E-state index contributed by atoms with van der Waals surface area (Å²) in [4.78, 5) is 16.5. The highest BCUT2D eigenvalue weighted by molar-refractivity contribution is 9.10. The standard InChI is InChI=1S/C20H17BrF2N2O3/c1-27-20(26)11-2-3-17-18(7-11)25(10-13-4-5-28-13)19(24-17)8-12-6-16(23)14(21)9-15(12)22/h2-3,6-7,9,13H,4-5,8,10H2,1H3/t13-/m0/s1. The number of aromatic nitrogens is 2. The van der Waals surface area contributed by atoms with Crippen molar-refractivity contribution >= 4 is 32.9 Å². The lowest BCUT2D eigenvalue weighted by Crippen LogP contribution is -2.31. The van der Waals surface area contributed by atoms with Crippen molar-refractivity contribution in [3.8, 4) is 0 Å². The lowest BCUT2D eigenvalue weighted by molar-refractivity contribution is -0.0589. The van der Waals surface area contributed by atoms with E-state index < -0.39 is 17.6 Å². The van der Waals surface area contributed by atoms with Gasteiger partial charge in [0.25, 0.3) is 0 Å². The average Bonchev–Trinajstić information content (AvgIpc) is 2.98. The lowest BCUT2D eigenvalue weighted by atomic mass is 10.1. The number of hydrogen-bond acceptors (Lipinski definition) is 4. The van der Waals surface area contributed by atoms with Crippen molar-refractivity contribution in [1.29, 1.82) is 0 Å². The van der Waals surface area contributed by atoms with Crippen molar-refractivity contribution in [2.24, 2.45) is 0 Å². The fourth-order valence-electron chi connectivity index (χ4n) is 3.26. The molecule has 0 amide bonds. The molecule has 8 heteroatoms. The maximum absolute atomic E-state index is 14.3. The number of esters is 1. The molecule has 0 spiro atoms. The molecular formula is C20H17BrF2N2O3. The van der Waals surface area contributed by atoms with Gasteiger partial charge in [-0.3, -0.25) is 0 Å². The van der Waals surface area contributed by atoms with Crippen molar-refractivity contribution < 1.29 is 23.0 Å². The van der Waals surface area contributed by atoms with Crippen LogP contribution in [0.1, 0.15) is 28.2 Å². The SMILES string of the molecule is COC(=O)c1ccc2nc(Cc3cc(F)c(Br)cc3F)n(C[C@@H]3CCO3)c2c1. The van der Waals surface area contributed by atoms with Crippen LogP contribution >= 0.6 is 15.9 Å². The number of nitrogens with zero attached hydrogens (tertiary/aromatic N) is 2. The number of ether oxygens (including phenoxy) is 2. The van der Waals surface area contributed by atoms with Crippen LogP contribution in [0.2, 0.25) is 0 Å². The molecule has 3 aromatic rings. The summed E-state index contributed by atoms with van der Waals surface area (Å²) >= 11 is 2.99. The predicted molar refractivity (Wildman–Crippen MR) is 102 cm³/mol. The highest BCUT2D eigenvalue weighted by Gasteiger charge is 2.23. The Hall–Kier alpha value is -2.32. The Morgan fingerprint density at radius 1 is 1.32 bits per heavy atom. The van der Waals surface area contributed by atoms with Crippen molar-refractivity contribution in [1.82, 2.24) is 9.55 Å². The third-order valence-electron chi connectivity index (χ3n) is 4.87. The van der Waals surface area contributed by atoms with E-state index in [1.165, 1.54) is 13.2 Å². The Kier molecular flexibility index (Phi) is 5.16. The number of rotatable bonds is 5. The first kappa shape index (κ1) is 19.0. The molecular weight excluding hydrogens is 434 g/mol. The lowest BCUT2D eigenvalue weighted by Gasteiger charge is -2.27. The minimum absolute atomic E-state index is 0.0319. The van der Waals surface area contributed by atoms with Gasteiger partial charge in [-0.2, -0.15) is 0 Å². The Balaban J connectivity index is 1.79. The largest absolute Gasteiger partial charge is 0.465 e. The van der Waals surface area contributed by atoms with Gasteiger partial charge in [-0.25, -0.2) is 18.6 Å². The molecule has 2 heterocycles. The normalized spacial score (nSPS) is 16.2. The third-order valence-corrected chi connectivity index (χ3v) is 5.47. The highest BCUT2D eigenvalue weighted by atomic mass is 79.9. The Labute approximate surface area is 168 Å². The van der Waals surface area contributed by atoms with Gasteiger partial charge >= 0.3 is 5.97 Å². The number of carbonyl (C=O) groups is 1. The summed E-state index contributed by atoms with van der Waals surface area (Å²) in [6.07, 6.45) is 1.06. The highest BCUT2D eigenvalue weighted by Crippen LogP contribution is 2.26. The summed E-state index contributed by atoms with van der Waals surface area (Å²) in [5.74, 6) is -0.915. The van der Waals surface area contributed by atoms with Crippen LogP contribution in [0.5, 0.6) is 0 Å². The topological polar surface area (TPSA) is 53.3 Å². The van der Waals surface area contributed by atoms with Gasteiger partial charge in [0.15, 0.2) is 0 Å². The zero-order valence-corrected chi connectivity index (χ0v) is 16.6. The van der Waals surface area contributed by atoms with E-state index >= 15 is 0 Å². The van der Waals surface area contributed by atoms with Crippen LogP contribution in [0.25, 0.3) is 11.0 Å². The second kappa shape index (κ2) is 7.60. The van der Waals surface area contributed by atoms with Crippen LogP contribution in [0.15, 0.2) is 34.8 Å². The average molecular weight is 451 g/mol. The van der Waals surface area contributed by atoms with Crippen molar-refractivity contribution in [2.45, 2.75) is 25.5 Å². The molecule has 0 bridgehead atoms. The van der Waals surface area contributed by atoms with Gasteiger partial charge in [-0.15, -0.1) is 0 Å². The van der Waals surface area contributed by atoms with E-state index in [0.29, 0.717) is 30.1 Å². The van der Waals surface area contributed by atoms with E-state index in [1.807, 2.05) is 4.57 Å². The molecule has 0 unspecified atom stereocenters. The quantitative estimate of drug-likeness (QED) is 0.430. The maximum atomic E-state index is 14.3. The molecule has 28 heavy (non-hydrogen) atoms. The summed E-state index contributed by atoms with van der Waals surface area (Å²) in [5, 5.41) is 0. The van der Waals surface area contributed by atoms with Gasteiger partial charge in [-0.05, 0) is 58.2 Å². The van der Waals surface area contributed by atoms with Crippen LogP contribution < -0.4 is 0 Å². The van der Waals surface area contributed by atoms with Gasteiger partial charge in [0.2, 0.25) is 0 Å². The summed E-state index contributed by atoms with van der Waals surface area (Å²) in [7, 11) is 1.32. The number of fused-ring (bicyclic) bond motifs is 1. The molecule has 1 aliphatic heterocycles. The third kappa shape index (κ3) is 3.54. The van der Waals surface area contributed by atoms with E-state index in [1.54, 1.807) is 18.2 Å². The molecule has 4 rings (SSSR count). The number of halogens is 3. The summed E-state index contributed by atoms with van der Waals surface area (Å²) in [5.41, 5.74) is 2.00.